The van der Waals surface area contributed by atoms with E-state index in [1.807, 2.05) is 6.07 Å². The van der Waals surface area contributed by atoms with Crippen molar-refractivity contribution in [3.63, 3.8) is 0 Å². The van der Waals surface area contributed by atoms with E-state index in [1.165, 1.54) is 16.9 Å². The Labute approximate surface area is 156 Å². The molecule has 5 nitrogen and oxygen atoms in total. The van der Waals surface area contributed by atoms with Crippen molar-refractivity contribution in [3.8, 4) is 0 Å². The number of aliphatic hydroxyl groups is 1. The first kappa shape index (κ1) is 16.4. The molecule has 1 aromatic carbocycles. The normalized spacial score (nSPS) is 37.7. The summed E-state index contributed by atoms with van der Waals surface area (Å²) >= 11 is 1.35. The Morgan fingerprint density at radius 1 is 1.15 bits per heavy atom. The highest BCUT2D eigenvalue weighted by Crippen LogP contribution is 2.64. The minimum atomic E-state index is -0.133. The maximum atomic E-state index is 12.9. The largest absolute Gasteiger partial charge is 0.393 e. The maximum absolute atomic E-state index is 12.9. The molecule has 1 heterocycles. The molecule has 4 bridgehead atoms. The van der Waals surface area contributed by atoms with Crippen LogP contribution in [0, 0.1) is 23.7 Å². The fourth-order valence-corrected chi connectivity index (χ4v) is 6.69. The Morgan fingerprint density at radius 3 is 2.38 bits per heavy atom. The number of amides is 1. The van der Waals surface area contributed by atoms with Gasteiger partial charge in [-0.05, 0) is 54.9 Å². The first-order valence-electron chi connectivity index (χ1n) is 9.46. The second kappa shape index (κ2) is 6.13. The van der Waals surface area contributed by atoms with E-state index in [0.29, 0.717) is 35.2 Å². The third-order valence-corrected chi connectivity index (χ3v) is 7.75. The SMILES string of the molecule is O=C(CC1(c2ccccc2)C2CC3CC1CC(C2)C3O)Nc1nncs1. The van der Waals surface area contributed by atoms with Crippen LogP contribution in [0.1, 0.15) is 37.7 Å². The summed E-state index contributed by atoms with van der Waals surface area (Å²) in [6.07, 6.45) is 4.50. The molecule has 0 spiro atoms. The van der Waals surface area contributed by atoms with E-state index in [-0.39, 0.29) is 17.4 Å². The summed E-state index contributed by atoms with van der Waals surface area (Å²) in [5.41, 5.74) is 2.80. The zero-order valence-corrected chi connectivity index (χ0v) is 15.4. The lowest BCUT2D eigenvalue weighted by molar-refractivity contribution is -0.145. The molecule has 2 aromatic rings. The van der Waals surface area contributed by atoms with Crippen molar-refractivity contribution in [2.45, 2.75) is 43.6 Å². The molecule has 1 amide bonds. The molecule has 4 aliphatic rings. The van der Waals surface area contributed by atoms with E-state index in [0.717, 1.165) is 25.7 Å². The van der Waals surface area contributed by atoms with Gasteiger partial charge in [-0.2, -0.15) is 0 Å². The minimum Gasteiger partial charge on any atom is -0.393 e. The Balaban J connectivity index is 1.50. The monoisotopic (exact) mass is 369 g/mol. The maximum Gasteiger partial charge on any atom is 0.227 e. The zero-order valence-electron chi connectivity index (χ0n) is 14.5. The zero-order chi connectivity index (χ0) is 17.7. The van der Waals surface area contributed by atoms with Crippen LogP contribution in [0.5, 0.6) is 0 Å². The predicted molar refractivity (Wildman–Crippen MR) is 99.7 cm³/mol. The molecule has 6 rings (SSSR count). The van der Waals surface area contributed by atoms with E-state index in [2.05, 4.69) is 39.8 Å². The molecule has 4 saturated carbocycles. The number of benzene rings is 1. The van der Waals surface area contributed by atoms with Crippen LogP contribution in [0.25, 0.3) is 0 Å². The summed E-state index contributed by atoms with van der Waals surface area (Å²) in [5.74, 6) is 1.80. The van der Waals surface area contributed by atoms with E-state index in [1.54, 1.807) is 5.51 Å². The van der Waals surface area contributed by atoms with Crippen LogP contribution in [0.15, 0.2) is 35.8 Å². The summed E-state index contributed by atoms with van der Waals surface area (Å²) in [7, 11) is 0. The van der Waals surface area contributed by atoms with Crippen LogP contribution < -0.4 is 5.32 Å². The van der Waals surface area contributed by atoms with Crippen molar-refractivity contribution in [2.75, 3.05) is 5.32 Å². The summed E-state index contributed by atoms with van der Waals surface area (Å²) in [6, 6.07) is 10.6. The van der Waals surface area contributed by atoms with Crippen molar-refractivity contribution in [3.05, 3.63) is 41.4 Å². The minimum absolute atomic E-state index is 0.0265. The van der Waals surface area contributed by atoms with Gasteiger partial charge in [0.2, 0.25) is 11.0 Å². The van der Waals surface area contributed by atoms with Crippen molar-refractivity contribution in [2.24, 2.45) is 23.7 Å². The number of aliphatic hydroxyl groups excluding tert-OH is 1. The number of hydrogen-bond acceptors (Lipinski definition) is 5. The van der Waals surface area contributed by atoms with Gasteiger partial charge in [0.25, 0.3) is 0 Å². The molecular weight excluding hydrogens is 346 g/mol. The van der Waals surface area contributed by atoms with Gasteiger partial charge in [0, 0.05) is 11.8 Å². The highest BCUT2D eigenvalue weighted by molar-refractivity contribution is 7.13. The lowest BCUT2D eigenvalue weighted by Crippen LogP contribution is -2.60. The average molecular weight is 369 g/mol. The third-order valence-electron chi connectivity index (χ3n) is 7.14. The first-order chi connectivity index (χ1) is 12.7. The molecule has 0 saturated heterocycles. The summed E-state index contributed by atoms with van der Waals surface area (Å²) in [6.45, 7) is 0. The molecule has 4 fully saturated rings. The quantitative estimate of drug-likeness (QED) is 0.868. The van der Waals surface area contributed by atoms with Gasteiger partial charge >= 0.3 is 0 Å². The van der Waals surface area contributed by atoms with E-state index in [9.17, 15) is 9.90 Å². The topological polar surface area (TPSA) is 75.1 Å². The Hall–Kier alpha value is -1.79. The second-order valence-corrected chi connectivity index (χ2v) is 9.06. The Bertz CT molecular complexity index is 763. The van der Waals surface area contributed by atoms with Crippen molar-refractivity contribution in [1.82, 2.24) is 10.2 Å². The summed E-state index contributed by atoms with van der Waals surface area (Å²) < 4.78 is 0. The third kappa shape index (κ3) is 2.42. The molecule has 0 aliphatic heterocycles. The van der Waals surface area contributed by atoms with Crippen LogP contribution in [0.3, 0.4) is 0 Å². The summed E-state index contributed by atoms with van der Waals surface area (Å²) in [5, 5.41) is 21.8. The van der Waals surface area contributed by atoms with Gasteiger partial charge in [-0.1, -0.05) is 41.7 Å². The molecule has 0 radical (unpaired) electrons. The molecule has 2 N–H and O–H groups in total. The number of rotatable bonds is 4. The number of nitrogens with one attached hydrogen (secondary N) is 1. The molecule has 0 atom stereocenters. The highest BCUT2D eigenvalue weighted by Gasteiger charge is 2.60. The van der Waals surface area contributed by atoms with Crippen molar-refractivity contribution in [1.29, 1.82) is 0 Å². The highest BCUT2D eigenvalue weighted by atomic mass is 32.1. The number of anilines is 1. The van der Waals surface area contributed by atoms with Gasteiger partial charge < -0.3 is 10.4 Å². The predicted octanol–water partition coefficient (Wildman–Crippen LogP) is 3.23. The van der Waals surface area contributed by atoms with Crippen LogP contribution in [0.4, 0.5) is 5.13 Å². The molecule has 136 valence electrons. The van der Waals surface area contributed by atoms with Gasteiger partial charge in [0.15, 0.2) is 0 Å². The molecule has 6 heteroatoms. The fraction of sp³-hybridized carbons (Fsp3) is 0.550. The Kier molecular flexibility index (Phi) is 3.87. The van der Waals surface area contributed by atoms with E-state index < -0.39 is 0 Å². The van der Waals surface area contributed by atoms with E-state index in [4.69, 9.17) is 0 Å². The lowest BCUT2D eigenvalue weighted by Gasteiger charge is -2.63. The molecule has 1 aromatic heterocycles. The number of hydrogen-bond donors (Lipinski definition) is 2. The first-order valence-corrected chi connectivity index (χ1v) is 10.3. The molecule has 4 aliphatic carbocycles. The van der Waals surface area contributed by atoms with Crippen LogP contribution >= 0.6 is 11.3 Å². The number of nitrogens with zero attached hydrogens (tertiary/aromatic N) is 2. The lowest BCUT2D eigenvalue weighted by atomic mass is 9.42. The van der Waals surface area contributed by atoms with Crippen molar-refractivity contribution >= 4 is 22.4 Å². The van der Waals surface area contributed by atoms with Crippen LogP contribution in [-0.4, -0.2) is 27.3 Å². The smallest absolute Gasteiger partial charge is 0.227 e. The fourth-order valence-electron chi connectivity index (χ4n) is 6.23. The van der Waals surface area contributed by atoms with Gasteiger partial charge in [-0.25, -0.2) is 0 Å². The average Bonchev–Trinajstić information content (AvgIpc) is 3.13. The van der Waals surface area contributed by atoms with Crippen molar-refractivity contribution < 1.29 is 9.90 Å². The van der Waals surface area contributed by atoms with E-state index >= 15 is 0 Å². The van der Waals surface area contributed by atoms with Gasteiger partial charge in [0.1, 0.15) is 5.51 Å². The number of carbonyl (C=O) groups excluding carboxylic acids is 1. The standard InChI is InChI=1S/C20H23N3O2S/c24-17(22-19-23-21-11-26-19)10-20(14-4-2-1-3-5-14)15-6-12-7-16(20)9-13(8-15)18(12)25/h1-5,11-13,15-16,18,25H,6-10H2,(H,22,23,24). The molecule has 0 unspecified atom stereocenters. The Morgan fingerprint density at radius 2 is 1.81 bits per heavy atom. The van der Waals surface area contributed by atoms with Gasteiger partial charge in [0.05, 0.1) is 6.10 Å². The molecular formula is C20H23N3O2S. The number of carbonyl (C=O) groups is 1. The number of aromatic nitrogens is 2. The second-order valence-electron chi connectivity index (χ2n) is 8.22. The molecule has 26 heavy (non-hydrogen) atoms. The van der Waals surface area contributed by atoms with Gasteiger partial charge in [-0.15, -0.1) is 10.2 Å². The van der Waals surface area contributed by atoms with Crippen LogP contribution in [0.2, 0.25) is 0 Å². The van der Waals surface area contributed by atoms with Gasteiger partial charge in [-0.3, -0.25) is 4.79 Å². The van der Waals surface area contributed by atoms with Crippen LogP contribution in [-0.2, 0) is 10.2 Å². The summed E-state index contributed by atoms with van der Waals surface area (Å²) in [4.78, 5) is 12.9.